The average molecular weight is 521 g/mol. The van der Waals surface area contributed by atoms with Crippen LogP contribution in [0.15, 0.2) is 59.9 Å². The Balaban J connectivity index is 1.76. The normalized spacial score (nSPS) is 15.6. The predicted molar refractivity (Wildman–Crippen MR) is 144 cm³/mol. The van der Waals surface area contributed by atoms with E-state index in [4.69, 9.17) is 9.47 Å². The summed E-state index contributed by atoms with van der Waals surface area (Å²) in [7, 11) is 1.55. The number of ketones is 1. The van der Waals surface area contributed by atoms with Crippen LogP contribution in [0.25, 0.3) is 0 Å². The monoisotopic (exact) mass is 520 g/mol. The average Bonchev–Trinajstić information content (AvgIpc) is 3.36. The minimum Gasteiger partial charge on any atom is -0.503 e. The van der Waals surface area contributed by atoms with Gasteiger partial charge in [0.25, 0.3) is 5.91 Å². The third-order valence-corrected chi connectivity index (χ3v) is 7.29. The summed E-state index contributed by atoms with van der Waals surface area (Å²) in [4.78, 5) is 33.5. The predicted octanol–water partition coefficient (Wildman–Crippen LogP) is 5.62. The highest BCUT2D eigenvalue weighted by Crippen LogP contribution is 2.42. The van der Waals surface area contributed by atoms with Gasteiger partial charge in [-0.3, -0.25) is 9.59 Å². The van der Waals surface area contributed by atoms with Gasteiger partial charge in [0.15, 0.2) is 17.3 Å². The molecule has 8 heteroatoms. The second kappa shape index (κ2) is 11.2. The lowest BCUT2D eigenvalue weighted by Crippen LogP contribution is -2.33. The quantitative estimate of drug-likeness (QED) is 0.349. The number of aromatic nitrogens is 1. The number of hydrogen-bond acceptors (Lipinski definition) is 7. The third kappa shape index (κ3) is 5.54. The first-order chi connectivity index (χ1) is 17.7. The van der Waals surface area contributed by atoms with Crippen LogP contribution in [0.3, 0.4) is 0 Å². The van der Waals surface area contributed by atoms with Gasteiger partial charge in [0.2, 0.25) is 5.78 Å². The molecule has 0 saturated carbocycles. The lowest BCUT2D eigenvalue weighted by atomic mass is 9.94. The van der Waals surface area contributed by atoms with Gasteiger partial charge in [0, 0.05) is 6.54 Å². The summed E-state index contributed by atoms with van der Waals surface area (Å²) < 4.78 is 11.5. The van der Waals surface area contributed by atoms with Gasteiger partial charge in [-0.15, -0.1) is 11.3 Å². The number of aryl methyl sites for hydroxylation is 2. The molecule has 1 aromatic heterocycles. The molecule has 0 spiro atoms. The van der Waals surface area contributed by atoms with E-state index in [-0.39, 0.29) is 11.4 Å². The Morgan fingerprint density at radius 3 is 2.49 bits per heavy atom. The summed E-state index contributed by atoms with van der Waals surface area (Å²) in [6.45, 7) is 8.55. The van der Waals surface area contributed by atoms with Crippen molar-refractivity contribution in [2.45, 2.75) is 40.2 Å². The maximum Gasteiger partial charge on any atom is 0.290 e. The summed E-state index contributed by atoms with van der Waals surface area (Å²) in [5.41, 5.74) is 2.35. The molecular formula is C29H32N2O5S. The summed E-state index contributed by atoms with van der Waals surface area (Å²) >= 11 is 1.26. The van der Waals surface area contributed by atoms with Gasteiger partial charge in [-0.05, 0) is 49.4 Å². The van der Waals surface area contributed by atoms with E-state index in [1.54, 1.807) is 31.1 Å². The molecule has 1 aliphatic rings. The standard InChI is InChI=1S/C29H32N2O5S/c1-17(2)16-36-22-12-11-21(15-23(22)35-5)25-24(26(32)28-18(3)30-19(4)37-28)27(33)29(34)31(25)14-13-20-9-7-6-8-10-20/h6-12,15,17,25,33H,13-14,16H2,1-5H3. The van der Waals surface area contributed by atoms with E-state index in [9.17, 15) is 14.7 Å². The minimum absolute atomic E-state index is 0.0581. The van der Waals surface area contributed by atoms with E-state index in [0.29, 0.717) is 53.1 Å². The second-order valence-electron chi connectivity index (χ2n) is 9.49. The van der Waals surface area contributed by atoms with Crippen LogP contribution in [-0.4, -0.2) is 46.9 Å². The molecule has 0 fully saturated rings. The molecule has 1 unspecified atom stereocenters. The fraction of sp³-hybridized carbons (Fsp3) is 0.345. The van der Waals surface area contributed by atoms with E-state index < -0.39 is 17.7 Å². The Kier molecular flexibility index (Phi) is 7.97. The van der Waals surface area contributed by atoms with Gasteiger partial charge in [0.1, 0.15) is 0 Å². The number of aliphatic hydroxyl groups excluding tert-OH is 1. The van der Waals surface area contributed by atoms with Crippen LogP contribution in [0.4, 0.5) is 0 Å². The number of thiazole rings is 1. The maximum absolute atomic E-state index is 13.8. The van der Waals surface area contributed by atoms with E-state index >= 15 is 0 Å². The van der Waals surface area contributed by atoms with Crippen molar-refractivity contribution in [3.8, 4) is 11.5 Å². The highest BCUT2D eigenvalue weighted by molar-refractivity contribution is 7.14. The highest BCUT2D eigenvalue weighted by atomic mass is 32.1. The Bertz CT molecular complexity index is 1330. The lowest BCUT2D eigenvalue weighted by molar-refractivity contribution is -0.129. The Morgan fingerprint density at radius 2 is 1.86 bits per heavy atom. The number of aliphatic hydroxyl groups is 1. The number of benzene rings is 2. The SMILES string of the molecule is COc1cc(C2C(C(=O)c3sc(C)nc3C)=C(O)C(=O)N2CCc2ccccc2)ccc1OCC(C)C. The molecule has 2 heterocycles. The Hall–Kier alpha value is -3.65. The van der Waals surface area contributed by atoms with Gasteiger partial charge < -0.3 is 19.5 Å². The smallest absolute Gasteiger partial charge is 0.290 e. The number of nitrogens with zero attached hydrogens (tertiary/aromatic N) is 2. The molecule has 0 aliphatic carbocycles. The molecular weight excluding hydrogens is 488 g/mol. The summed E-state index contributed by atoms with van der Waals surface area (Å²) in [5, 5.41) is 11.8. The van der Waals surface area contributed by atoms with Crippen molar-refractivity contribution in [1.29, 1.82) is 0 Å². The first-order valence-corrected chi connectivity index (χ1v) is 13.1. The zero-order valence-corrected chi connectivity index (χ0v) is 22.6. The van der Waals surface area contributed by atoms with Gasteiger partial charge >= 0.3 is 0 Å². The summed E-state index contributed by atoms with van der Waals surface area (Å²) in [6, 6.07) is 14.4. The third-order valence-electron chi connectivity index (χ3n) is 6.22. The number of rotatable bonds is 10. The number of methoxy groups -OCH3 is 1. The van der Waals surface area contributed by atoms with E-state index in [2.05, 4.69) is 18.8 Å². The van der Waals surface area contributed by atoms with Crippen LogP contribution in [-0.2, 0) is 11.2 Å². The van der Waals surface area contributed by atoms with Crippen LogP contribution in [0.2, 0.25) is 0 Å². The van der Waals surface area contributed by atoms with Crippen molar-refractivity contribution < 1.29 is 24.2 Å². The minimum atomic E-state index is -0.779. The maximum atomic E-state index is 13.8. The molecule has 4 rings (SSSR count). The van der Waals surface area contributed by atoms with Gasteiger partial charge in [-0.25, -0.2) is 4.98 Å². The number of amides is 1. The van der Waals surface area contributed by atoms with Crippen molar-refractivity contribution in [2.75, 3.05) is 20.3 Å². The fourth-order valence-corrected chi connectivity index (χ4v) is 5.33. The molecule has 1 atom stereocenters. The van der Waals surface area contributed by atoms with Gasteiger partial charge in [0.05, 0.1) is 40.9 Å². The van der Waals surface area contributed by atoms with E-state index in [1.807, 2.05) is 43.3 Å². The van der Waals surface area contributed by atoms with Crippen LogP contribution >= 0.6 is 11.3 Å². The van der Waals surface area contributed by atoms with Crippen molar-refractivity contribution in [1.82, 2.24) is 9.88 Å². The van der Waals surface area contributed by atoms with Crippen molar-refractivity contribution in [2.24, 2.45) is 5.92 Å². The topological polar surface area (TPSA) is 89.0 Å². The van der Waals surface area contributed by atoms with Crippen LogP contribution in [0.1, 0.15) is 51.4 Å². The first kappa shape index (κ1) is 26.4. The molecule has 0 radical (unpaired) electrons. The molecule has 0 saturated heterocycles. The van der Waals surface area contributed by atoms with Crippen molar-refractivity contribution in [3.63, 3.8) is 0 Å². The molecule has 1 aliphatic heterocycles. The zero-order valence-electron chi connectivity index (χ0n) is 21.8. The largest absolute Gasteiger partial charge is 0.503 e. The molecule has 37 heavy (non-hydrogen) atoms. The zero-order chi connectivity index (χ0) is 26.7. The lowest BCUT2D eigenvalue weighted by Gasteiger charge is -2.27. The first-order valence-electron chi connectivity index (χ1n) is 12.3. The molecule has 194 valence electrons. The van der Waals surface area contributed by atoms with Crippen LogP contribution < -0.4 is 9.47 Å². The van der Waals surface area contributed by atoms with E-state index in [1.165, 1.54) is 11.3 Å². The van der Waals surface area contributed by atoms with E-state index in [0.717, 1.165) is 10.6 Å². The Morgan fingerprint density at radius 1 is 1.14 bits per heavy atom. The molecule has 2 aromatic carbocycles. The van der Waals surface area contributed by atoms with Crippen molar-refractivity contribution in [3.05, 3.63) is 86.6 Å². The van der Waals surface area contributed by atoms with Crippen molar-refractivity contribution >= 4 is 23.0 Å². The number of Topliss-reactive ketones (excluding diaryl/α,β-unsaturated/α-hetero) is 1. The number of ether oxygens (including phenoxy) is 2. The number of hydrogen-bond donors (Lipinski definition) is 1. The summed E-state index contributed by atoms with van der Waals surface area (Å²) in [6.07, 6.45) is 0.573. The van der Waals surface area contributed by atoms with Gasteiger partial charge in [-0.1, -0.05) is 50.2 Å². The molecule has 7 nitrogen and oxygen atoms in total. The number of carbonyl (C=O) groups excluding carboxylic acids is 2. The Labute approximate surface area is 221 Å². The second-order valence-corrected chi connectivity index (χ2v) is 10.7. The fourth-order valence-electron chi connectivity index (χ4n) is 4.45. The number of carbonyl (C=O) groups is 2. The van der Waals surface area contributed by atoms with Crippen LogP contribution in [0.5, 0.6) is 11.5 Å². The molecule has 0 bridgehead atoms. The molecule has 1 N–H and O–H groups in total. The molecule has 1 amide bonds. The van der Waals surface area contributed by atoms with Gasteiger partial charge in [-0.2, -0.15) is 0 Å². The highest BCUT2D eigenvalue weighted by Gasteiger charge is 2.44. The molecule has 3 aromatic rings. The summed E-state index contributed by atoms with van der Waals surface area (Å²) in [5.74, 6) is -0.0672. The van der Waals surface area contributed by atoms with Crippen LogP contribution in [0, 0.1) is 19.8 Å².